The number of amides is 2. The van der Waals surface area contributed by atoms with Gasteiger partial charge in [-0.2, -0.15) is 18.3 Å². The van der Waals surface area contributed by atoms with Gasteiger partial charge in [-0.25, -0.2) is 4.68 Å². The maximum absolute atomic E-state index is 12.3. The zero-order valence-electron chi connectivity index (χ0n) is 15.2. The average Bonchev–Trinajstić information content (AvgIpc) is 3.33. The number of nitrogens with one attached hydrogen (secondary N) is 1. The average molecular weight is 387 g/mol. The number of alkyl halides is 3. The summed E-state index contributed by atoms with van der Waals surface area (Å²) in [6, 6.07) is 1.99. The Morgan fingerprint density at radius 2 is 1.93 bits per heavy atom. The Balaban J connectivity index is 1.45. The molecule has 2 heterocycles. The Hall–Kier alpha value is -2.10. The van der Waals surface area contributed by atoms with Crippen LogP contribution in [0, 0.1) is 5.92 Å². The summed E-state index contributed by atoms with van der Waals surface area (Å²) in [5.74, 6) is 0.139. The van der Waals surface area contributed by atoms with Gasteiger partial charge in [-0.1, -0.05) is 0 Å². The van der Waals surface area contributed by atoms with E-state index in [1.165, 1.54) is 17.7 Å². The topological polar surface area (TPSA) is 70.5 Å². The normalized spacial score (nSPS) is 19.8. The van der Waals surface area contributed by atoms with Crippen molar-refractivity contribution in [3.8, 4) is 0 Å². The summed E-state index contributed by atoms with van der Waals surface area (Å²) in [5, 5.41) is 7.15. The van der Waals surface area contributed by atoms with Gasteiger partial charge in [-0.05, 0) is 25.7 Å². The van der Waals surface area contributed by atoms with E-state index in [9.17, 15) is 22.8 Å². The fourth-order valence-corrected chi connectivity index (χ4v) is 3.34. The van der Waals surface area contributed by atoms with Crippen molar-refractivity contribution < 1.29 is 22.8 Å². The van der Waals surface area contributed by atoms with Crippen LogP contribution in [0.1, 0.15) is 32.2 Å². The van der Waals surface area contributed by atoms with Crippen molar-refractivity contribution >= 4 is 17.6 Å². The lowest BCUT2D eigenvalue weighted by Crippen LogP contribution is -2.51. The number of halogens is 3. The number of nitrogens with zero attached hydrogens (tertiary/aromatic N) is 4. The first-order valence-corrected chi connectivity index (χ1v) is 9.13. The lowest BCUT2D eigenvalue weighted by Gasteiger charge is -2.34. The SMILES string of the molecule is CC(C1CC1)n1nccc1NC(=O)CN1CCN(C(=O)CC(F)(F)F)CC1. The minimum atomic E-state index is -4.49. The van der Waals surface area contributed by atoms with Crippen LogP contribution >= 0.6 is 0 Å². The fourth-order valence-electron chi connectivity index (χ4n) is 3.34. The molecule has 2 aliphatic rings. The van der Waals surface area contributed by atoms with Crippen molar-refractivity contribution in [3.63, 3.8) is 0 Å². The molecule has 3 rings (SSSR count). The summed E-state index contributed by atoms with van der Waals surface area (Å²) < 4.78 is 38.8. The molecule has 1 unspecified atom stereocenters. The molecule has 0 spiro atoms. The number of aromatic nitrogens is 2. The van der Waals surface area contributed by atoms with Crippen molar-refractivity contribution in [2.24, 2.45) is 5.92 Å². The molecule has 1 aromatic rings. The molecule has 27 heavy (non-hydrogen) atoms. The highest BCUT2D eigenvalue weighted by molar-refractivity contribution is 5.91. The van der Waals surface area contributed by atoms with E-state index < -0.39 is 18.5 Å². The second-order valence-electron chi connectivity index (χ2n) is 7.24. The number of rotatable bonds is 6. The Morgan fingerprint density at radius 1 is 1.26 bits per heavy atom. The second-order valence-corrected chi connectivity index (χ2v) is 7.24. The Labute approximate surface area is 155 Å². The van der Waals surface area contributed by atoms with Crippen molar-refractivity contribution in [3.05, 3.63) is 12.3 Å². The van der Waals surface area contributed by atoms with Crippen LogP contribution in [-0.2, 0) is 9.59 Å². The Morgan fingerprint density at radius 3 is 2.52 bits per heavy atom. The molecule has 2 fully saturated rings. The molecular weight excluding hydrogens is 363 g/mol. The Bertz CT molecular complexity index is 678. The van der Waals surface area contributed by atoms with Gasteiger partial charge in [0, 0.05) is 32.2 Å². The molecule has 1 aliphatic carbocycles. The fraction of sp³-hybridized carbons (Fsp3) is 0.706. The number of carbonyl (C=O) groups is 2. The first kappa shape index (κ1) is 19.7. The van der Waals surface area contributed by atoms with Crippen LogP contribution in [0.3, 0.4) is 0 Å². The molecule has 0 bridgehead atoms. The first-order valence-electron chi connectivity index (χ1n) is 9.13. The van der Waals surface area contributed by atoms with Gasteiger partial charge in [-0.15, -0.1) is 0 Å². The van der Waals surface area contributed by atoms with Crippen molar-refractivity contribution in [2.75, 3.05) is 38.0 Å². The maximum Gasteiger partial charge on any atom is 0.397 e. The lowest BCUT2D eigenvalue weighted by atomic mass is 10.2. The summed E-state index contributed by atoms with van der Waals surface area (Å²) in [7, 11) is 0. The van der Waals surface area contributed by atoms with Crippen LogP contribution in [0.15, 0.2) is 12.3 Å². The first-order chi connectivity index (χ1) is 12.7. The van der Waals surface area contributed by atoms with E-state index in [0.717, 1.165) is 0 Å². The van der Waals surface area contributed by atoms with Crippen LogP contribution in [0.4, 0.5) is 19.0 Å². The van der Waals surface area contributed by atoms with E-state index >= 15 is 0 Å². The van der Waals surface area contributed by atoms with Crippen LogP contribution in [0.5, 0.6) is 0 Å². The van der Waals surface area contributed by atoms with Gasteiger partial charge >= 0.3 is 6.18 Å². The largest absolute Gasteiger partial charge is 0.397 e. The van der Waals surface area contributed by atoms with Gasteiger partial charge in [0.25, 0.3) is 0 Å². The molecule has 1 aliphatic heterocycles. The molecule has 0 radical (unpaired) electrons. The summed E-state index contributed by atoms with van der Waals surface area (Å²) in [5.41, 5.74) is 0. The third-order valence-corrected chi connectivity index (χ3v) is 5.07. The predicted octanol–water partition coefficient (Wildman–Crippen LogP) is 1.89. The molecule has 0 aromatic carbocycles. The van der Waals surface area contributed by atoms with E-state index in [-0.39, 0.29) is 31.6 Å². The number of hydrogen-bond donors (Lipinski definition) is 1. The maximum atomic E-state index is 12.3. The third-order valence-electron chi connectivity index (χ3n) is 5.07. The van der Waals surface area contributed by atoms with Crippen LogP contribution < -0.4 is 5.32 Å². The van der Waals surface area contributed by atoms with Crippen molar-refractivity contribution in [1.29, 1.82) is 0 Å². The molecule has 1 saturated carbocycles. The molecule has 150 valence electrons. The monoisotopic (exact) mass is 387 g/mol. The highest BCUT2D eigenvalue weighted by Gasteiger charge is 2.34. The molecule has 2 amide bonds. The van der Waals surface area contributed by atoms with Gasteiger partial charge in [0.05, 0.1) is 18.8 Å². The predicted molar refractivity (Wildman–Crippen MR) is 92.0 cm³/mol. The number of hydrogen-bond acceptors (Lipinski definition) is 4. The quantitative estimate of drug-likeness (QED) is 0.809. The zero-order valence-corrected chi connectivity index (χ0v) is 15.2. The molecule has 1 atom stereocenters. The van der Waals surface area contributed by atoms with Crippen LogP contribution in [-0.4, -0.2) is 70.3 Å². The standard InChI is InChI=1S/C17H24F3N5O2/c1-12(13-2-3-13)25-14(4-5-21-25)22-15(26)11-23-6-8-24(9-7-23)16(27)10-17(18,19)20/h4-5,12-13H,2-3,6-11H2,1H3,(H,22,26). The van der Waals surface area contributed by atoms with Crippen molar-refractivity contribution in [2.45, 2.75) is 38.4 Å². The molecule has 10 heteroatoms. The third kappa shape index (κ3) is 5.44. The molecule has 1 aromatic heterocycles. The van der Waals surface area contributed by atoms with Gasteiger partial charge < -0.3 is 10.2 Å². The number of carbonyl (C=O) groups excluding carboxylic acids is 2. The van der Waals surface area contributed by atoms with Gasteiger partial charge in [0.1, 0.15) is 12.2 Å². The van der Waals surface area contributed by atoms with Gasteiger partial charge in [0.2, 0.25) is 11.8 Å². The second kappa shape index (κ2) is 7.87. The molecule has 1 N–H and O–H groups in total. The van der Waals surface area contributed by atoms with Crippen LogP contribution in [0.25, 0.3) is 0 Å². The number of anilines is 1. The van der Waals surface area contributed by atoms with Gasteiger partial charge in [0.15, 0.2) is 0 Å². The molecule has 1 saturated heterocycles. The minimum absolute atomic E-state index is 0.129. The van der Waals surface area contributed by atoms with E-state index in [1.807, 2.05) is 9.58 Å². The van der Waals surface area contributed by atoms with E-state index in [1.54, 1.807) is 12.3 Å². The zero-order chi connectivity index (χ0) is 19.6. The van der Waals surface area contributed by atoms with Crippen molar-refractivity contribution in [1.82, 2.24) is 19.6 Å². The van der Waals surface area contributed by atoms with Gasteiger partial charge in [-0.3, -0.25) is 14.5 Å². The highest BCUT2D eigenvalue weighted by atomic mass is 19.4. The van der Waals surface area contributed by atoms with E-state index in [4.69, 9.17) is 0 Å². The molecular formula is C17H24F3N5O2. The van der Waals surface area contributed by atoms with E-state index in [2.05, 4.69) is 17.3 Å². The van der Waals surface area contributed by atoms with Crippen LogP contribution in [0.2, 0.25) is 0 Å². The molecule has 7 nitrogen and oxygen atoms in total. The summed E-state index contributed by atoms with van der Waals surface area (Å²) in [6.07, 6.45) is -1.93. The summed E-state index contributed by atoms with van der Waals surface area (Å²) >= 11 is 0. The van der Waals surface area contributed by atoms with E-state index in [0.29, 0.717) is 24.8 Å². The lowest BCUT2D eigenvalue weighted by molar-refractivity contribution is -0.162. The summed E-state index contributed by atoms with van der Waals surface area (Å²) in [6.45, 7) is 3.34. The number of piperazine rings is 1. The minimum Gasteiger partial charge on any atom is -0.340 e. The highest BCUT2D eigenvalue weighted by Crippen LogP contribution is 2.40. The smallest absolute Gasteiger partial charge is 0.340 e. The Kier molecular flexibility index (Phi) is 5.73. The summed E-state index contributed by atoms with van der Waals surface area (Å²) in [4.78, 5) is 27.0.